The van der Waals surface area contributed by atoms with Gasteiger partial charge >= 0.3 is 12.1 Å². The number of likely N-dealkylation sites (N-methyl/N-ethyl adjacent to an activating group) is 1. The highest BCUT2D eigenvalue weighted by molar-refractivity contribution is 6.10. The Labute approximate surface area is 294 Å². The summed E-state index contributed by atoms with van der Waals surface area (Å²) >= 11 is 0. The molecule has 2 saturated heterocycles. The van der Waals surface area contributed by atoms with E-state index in [1.54, 1.807) is 0 Å². The number of hydrogen-bond acceptors (Lipinski definition) is 9. The first-order valence-electron chi connectivity index (χ1n) is 17.3. The van der Waals surface area contributed by atoms with Gasteiger partial charge in [0.05, 0.1) is 48.8 Å². The van der Waals surface area contributed by atoms with Gasteiger partial charge in [0, 0.05) is 42.6 Å². The average molecular weight is 684 g/mol. The second-order valence-corrected chi connectivity index (χ2v) is 14.1. The average Bonchev–Trinajstić information content (AvgIpc) is 3.52. The molecule has 3 aliphatic heterocycles. The molecule has 1 atom stereocenters. The number of fused-ring (bicyclic) bond motifs is 1. The van der Waals surface area contributed by atoms with E-state index in [4.69, 9.17) is 19.2 Å². The second-order valence-electron chi connectivity index (χ2n) is 14.1. The monoisotopic (exact) mass is 683 g/mol. The number of rotatable bonds is 9. The lowest BCUT2D eigenvalue weighted by atomic mass is 9.86. The molecule has 6 rings (SSSR count). The lowest BCUT2D eigenvalue weighted by Gasteiger charge is -2.29. The van der Waals surface area contributed by atoms with Gasteiger partial charge in [0.2, 0.25) is 0 Å². The van der Waals surface area contributed by atoms with Gasteiger partial charge in [0.15, 0.2) is 5.75 Å². The summed E-state index contributed by atoms with van der Waals surface area (Å²) in [4.78, 5) is 38.1. The van der Waals surface area contributed by atoms with E-state index in [1.807, 2.05) is 55.6 Å². The molecule has 0 radical (unpaired) electrons. The molecule has 1 unspecified atom stereocenters. The standard InChI is InChI=1S/C38H49N7O5/c1-38(2,3)26-21-32(35(48-5)33(22-26)42-37(47)50-24-28-9-8-15-43(28)4)41-36(46)40-31-12-13-34(30-11-7-6-10-29(30)31)45-16-14-27(39-25-45)23-44-17-19-49-20-18-44/h6-7,10-14,16,21-22,28H,8-9,15,17-20,23-25H2,1-5H3,(H,42,47)(H2,40,41,46). The Hall–Kier alpha value is -4.65. The van der Waals surface area contributed by atoms with Crippen LogP contribution in [0.15, 0.2) is 65.8 Å². The topological polar surface area (TPSA) is 120 Å². The molecule has 12 heteroatoms. The molecule has 3 aliphatic rings. The summed E-state index contributed by atoms with van der Waals surface area (Å²) in [6, 6.07) is 15.4. The Morgan fingerprint density at radius 2 is 1.68 bits per heavy atom. The maximum atomic E-state index is 13.6. The van der Waals surface area contributed by atoms with Crippen molar-refractivity contribution in [1.29, 1.82) is 0 Å². The predicted octanol–water partition coefficient (Wildman–Crippen LogP) is 6.50. The second kappa shape index (κ2) is 15.5. The molecular weight excluding hydrogens is 634 g/mol. The normalized spacial score (nSPS) is 18.5. The molecule has 3 aromatic rings. The van der Waals surface area contributed by atoms with Crippen LogP contribution in [0, 0.1) is 0 Å². The third-order valence-corrected chi connectivity index (χ3v) is 9.54. The SMILES string of the molecule is COc1c(NC(=O)Nc2ccc(N3C=CC(CN4CCOCC4)=NC3)c3ccccc23)cc(C(C)(C)C)cc1NC(=O)OCC1CCCN1C. The van der Waals surface area contributed by atoms with E-state index >= 15 is 0 Å². The van der Waals surface area contributed by atoms with E-state index in [0.29, 0.717) is 36.1 Å². The van der Waals surface area contributed by atoms with Gasteiger partial charge in [-0.15, -0.1) is 0 Å². The smallest absolute Gasteiger partial charge is 0.411 e. The van der Waals surface area contributed by atoms with Gasteiger partial charge in [-0.1, -0.05) is 45.0 Å². The number of methoxy groups -OCH3 is 1. The van der Waals surface area contributed by atoms with Gasteiger partial charge in [-0.25, -0.2) is 9.59 Å². The maximum Gasteiger partial charge on any atom is 0.411 e. The van der Waals surface area contributed by atoms with Crippen LogP contribution in [0.25, 0.3) is 10.8 Å². The predicted molar refractivity (Wildman–Crippen MR) is 200 cm³/mol. The van der Waals surface area contributed by atoms with Crippen LogP contribution in [-0.2, 0) is 14.9 Å². The number of urea groups is 1. The molecule has 3 aromatic carbocycles. The van der Waals surface area contributed by atoms with Crippen LogP contribution < -0.4 is 25.6 Å². The van der Waals surface area contributed by atoms with Crippen LogP contribution in [0.3, 0.4) is 0 Å². The highest BCUT2D eigenvalue weighted by Crippen LogP contribution is 2.39. The van der Waals surface area contributed by atoms with Crippen LogP contribution in [0.5, 0.6) is 5.75 Å². The fourth-order valence-corrected chi connectivity index (χ4v) is 6.58. The number of ether oxygens (including phenoxy) is 3. The Morgan fingerprint density at radius 1 is 0.960 bits per heavy atom. The van der Waals surface area contributed by atoms with Crippen LogP contribution in [0.2, 0.25) is 0 Å². The summed E-state index contributed by atoms with van der Waals surface area (Å²) in [6.07, 6.45) is 5.66. The number of hydrogen-bond donors (Lipinski definition) is 3. The van der Waals surface area contributed by atoms with Crippen LogP contribution in [0.1, 0.15) is 39.2 Å². The molecule has 2 fully saturated rings. The number of anilines is 4. The van der Waals surface area contributed by atoms with Gasteiger partial charge in [-0.05, 0) is 67.8 Å². The largest absolute Gasteiger partial charge is 0.492 e. The number of carbonyl (C=O) groups is 2. The summed E-state index contributed by atoms with van der Waals surface area (Å²) < 4.78 is 16.8. The number of carbonyl (C=O) groups excluding carboxylic acids is 2. The van der Waals surface area contributed by atoms with Crippen molar-refractivity contribution in [3.8, 4) is 5.75 Å². The van der Waals surface area contributed by atoms with Crippen LogP contribution in [0.4, 0.5) is 32.3 Å². The fourth-order valence-electron chi connectivity index (χ4n) is 6.58. The molecule has 266 valence electrons. The molecule has 0 saturated carbocycles. The number of nitrogens with zero attached hydrogens (tertiary/aromatic N) is 4. The van der Waals surface area contributed by atoms with Crippen molar-refractivity contribution in [1.82, 2.24) is 9.80 Å². The van der Waals surface area contributed by atoms with Gasteiger partial charge < -0.3 is 34.6 Å². The molecule has 0 aliphatic carbocycles. The molecule has 50 heavy (non-hydrogen) atoms. The minimum Gasteiger partial charge on any atom is -0.492 e. The lowest BCUT2D eigenvalue weighted by molar-refractivity contribution is 0.0453. The van der Waals surface area contributed by atoms with E-state index < -0.39 is 12.1 Å². The Balaban J connectivity index is 1.17. The van der Waals surface area contributed by atoms with Crippen molar-refractivity contribution in [3.05, 3.63) is 66.4 Å². The van der Waals surface area contributed by atoms with Gasteiger partial charge in [-0.2, -0.15) is 0 Å². The third-order valence-electron chi connectivity index (χ3n) is 9.54. The van der Waals surface area contributed by atoms with E-state index in [2.05, 4.69) is 63.7 Å². The number of aliphatic imine (C=N–C) groups is 1. The molecule has 3 N–H and O–H groups in total. The number of benzene rings is 3. The summed E-state index contributed by atoms with van der Waals surface area (Å²) in [5, 5.41) is 10.8. The van der Waals surface area contributed by atoms with E-state index in [9.17, 15) is 9.59 Å². The first-order chi connectivity index (χ1) is 24.1. The zero-order valence-electron chi connectivity index (χ0n) is 29.8. The van der Waals surface area contributed by atoms with E-state index in [1.165, 1.54) is 7.11 Å². The van der Waals surface area contributed by atoms with Crippen molar-refractivity contribution in [2.75, 3.05) is 87.7 Å². The van der Waals surface area contributed by atoms with Gasteiger partial charge in [0.1, 0.15) is 13.3 Å². The van der Waals surface area contributed by atoms with Crippen molar-refractivity contribution >= 4 is 51.4 Å². The molecule has 3 amide bonds. The summed E-state index contributed by atoms with van der Waals surface area (Å²) in [7, 11) is 3.55. The number of amides is 3. The Morgan fingerprint density at radius 3 is 2.34 bits per heavy atom. The molecule has 0 bridgehead atoms. The zero-order valence-corrected chi connectivity index (χ0v) is 29.8. The minimum absolute atomic E-state index is 0.206. The minimum atomic E-state index is -0.570. The van der Waals surface area contributed by atoms with E-state index in [0.717, 1.165) is 80.0 Å². The number of likely N-dealkylation sites (tertiary alicyclic amines) is 1. The highest BCUT2D eigenvalue weighted by Gasteiger charge is 2.25. The molecule has 3 heterocycles. The third kappa shape index (κ3) is 8.38. The molecule has 0 spiro atoms. The van der Waals surface area contributed by atoms with Gasteiger partial charge in [-0.3, -0.25) is 15.2 Å². The molecular formula is C38H49N7O5. The first kappa shape index (κ1) is 35.2. The highest BCUT2D eigenvalue weighted by atomic mass is 16.5. The van der Waals surface area contributed by atoms with Crippen LogP contribution >= 0.6 is 0 Å². The summed E-state index contributed by atoms with van der Waals surface area (Å²) in [5.74, 6) is 0.328. The summed E-state index contributed by atoms with van der Waals surface area (Å²) in [6.45, 7) is 12.2. The van der Waals surface area contributed by atoms with Crippen LogP contribution in [-0.4, -0.2) is 101 Å². The van der Waals surface area contributed by atoms with Crippen molar-refractivity contribution in [2.45, 2.75) is 45.1 Å². The van der Waals surface area contributed by atoms with E-state index in [-0.39, 0.29) is 11.5 Å². The van der Waals surface area contributed by atoms with Gasteiger partial charge in [0.25, 0.3) is 0 Å². The quantitative estimate of drug-likeness (QED) is 0.234. The van der Waals surface area contributed by atoms with Crippen molar-refractivity contribution in [3.63, 3.8) is 0 Å². The zero-order chi connectivity index (χ0) is 35.3. The van der Waals surface area contributed by atoms with Crippen molar-refractivity contribution < 1.29 is 23.8 Å². The maximum absolute atomic E-state index is 13.6. The summed E-state index contributed by atoms with van der Waals surface area (Å²) in [5.41, 5.74) is 4.17. The lowest BCUT2D eigenvalue weighted by Crippen LogP contribution is -2.40. The molecule has 12 nitrogen and oxygen atoms in total. The number of morpholine rings is 1. The fraction of sp³-hybridized carbons (Fsp3) is 0.447. The van der Waals surface area contributed by atoms with Crippen molar-refractivity contribution in [2.24, 2.45) is 4.99 Å². The number of nitrogens with one attached hydrogen (secondary N) is 3. The first-order valence-corrected chi connectivity index (χ1v) is 17.3. The Bertz CT molecular complexity index is 1760. The molecule has 0 aromatic heterocycles. The Kier molecular flexibility index (Phi) is 10.9.